The van der Waals surface area contributed by atoms with E-state index in [1.807, 2.05) is 32.9 Å². The first-order valence-electron chi connectivity index (χ1n) is 4.52. The average molecular weight is 193 g/mol. The van der Waals surface area contributed by atoms with Gasteiger partial charge >= 0.3 is 5.97 Å². The van der Waals surface area contributed by atoms with Crippen molar-refractivity contribution < 1.29 is 9.53 Å². The number of esters is 1. The van der Waals surface area contributed by atoms with Crippen LogP contribution in [0.3, 0.4) is 0 Å². The molecule has 0 bridgehead atoms. The molecule has 0 aliphatic rings. The highest BCUT2D eigenvalue weighted by Crippen LogP contribution is 2.07. The van der Waals surface area contributed by atoms with Crippen molar-refractivity contribution >= 4 is 12.0 Å². The summed E-state index contributed by atoms with van der Waals surface area (Å²) in [5.41, 5.74) is 0.452. The molecule has 0 atom stereocenters. The van der Waals surface area contributed by atoms with Crippen molar-refractivity contribution in [3.05, 3.63) is 30.1 Å². The summed E-state index contributed by atoms with van der Waals surface area (Å²) in [7, 11) is 0. The summed E-state index contributed by atoms with van der Waals surface area (Å²) in [5, 5.41) is 0. The summed E-state index contributed by atoms with van der Waals surface area (Å²) < 4.78 is 5.10. The molecular weight excluding hydrogens is 178 g/mol. The van der Waals surface area contributed by atoms with Crippen LogP contribution < -0.4 is 0 Å². The van der Waals surface area contributed by atoms with Gasteiger partial charge in [0.2, 0.25) is 0 Å². The Morgan fingerprint density at radius 3 is 2.71 bits per heavy atom. The number of nitrogens with one attached hydrogen (secondary N) is 1. The molecule has 0 saturated heterocycles. The molecule has 1 heterocycles. The smallest absolute Gasteiger partial charge is 0.331 e. The van der Waals surface area contributed by atoms with Crippen LogP contribution in [0.4, 0.5) is 0 Å². The van der Waals surface area contributed by atoms with Gasteiger partial charge in [-0.1, -0.05) is 0 Å². The minimum Gasteiger partial charge on any atom is -0.457 e. The fourth-order valence-electron chi connectivity index (χ4n) is 0.942. The molecule has 0 unspecified atom stereocenters. The molecule has 76 valence electrons. The van der Waals surface area contributed by atoms with Crippen molar-refractivity contribution in [2.75, 3.05) is 0 Å². The Bertz CT molecular complexity index is 318. The van der Waals surface area contributed by atoms with Gasteiger partial charge in [0.25, 0.3) is 0 Å². The van der Waals surface area contributed by atoms with E-state index in [2.05, 4.69) is 4.98 Å². The van der Waals surface area contributed by atoms with Crippen molar-refractivity contribution in [1.82, 2.24) is 4.98 Å². The topological polar surface area (TPSA) is 42.1 Å². The Kier molecular flexibility index (Phi) is 3.12. The summed E-state index contributed by atoms with van der Waals surface area (Å²) in [6.07, 6.45) is 4.90. The fraction of sp³-hybridized carbons (Fsp3) is 0.364. The van der Waals surface area contributed by atoms with Gasteiger partial charge in [-0.15, -0.1) is 0 Å². The van der Waals surface area contributed by atoms with Gasteiger partial charge in [0, 0.05) is 18.0 Å². The van der Waals surface area contributed by atoms with Crippen molar-refractivity contribution in [3.63, 3.8) is 0 Å². The minimum absolute atomic E-state index is 0.327. The maximum atomic E-state index is 11.2. The number of carbonyl (C=O) groups excluding carboxylic acids is 1. The average Bonchev–Trinajstić information content (AvgIpc) is 2.49. The number of H-pyrrole nitrogens is 1. The summed E-state index contributed by atoms with van der Waals surface area (Å²) in [4.78, 5) is 14.2. The van der Waals surface area contributed by atoms with Crippen LogP contribution >= 0.6 is 0 Å². The van der Waals surface area contributed by atoms with Gasteiger partial charge < -0.3 is 9.72 Å². The van der Waals surface area contributed by atoms with E-state index in [1.165, 1.54) is 6.08 Å². The first-order valence-corrected chi connectivity index (χ1v) is 4.52. The first-order chi connectivity index (χ1) is 6.47. The van der Waals surface area contributed by atoms with Crippen LogP contribution in [0.25, 0.3) is 6.08 Å². The van der Waals surface area contributed by atoms with Crippen molar-refractivity contribution in [3.8, 4) is 0 Å². The second-order valence-corrected chi connectivity index (χ2v) is 3.99. The quantitative estimate of drug-likeness (QED) is 0.578. The Labute approximate surface area is 83.8 Å². The molecule has 1 N–H and O–H groups in total. The summed E-state index contributed by atoms with van der Waals surface area (Å²) in [5.74, 6) is -0.327. The van der Waals surface area contributed by atoms with Gasteiger partial charge in [-0.3, -0.25) is 0 Å². The van der Waals surface area contributed by atoms with Crippen molar-refractivity contribution in [2.45, 2.75) is 26.4 Å². The van der Waals surface area contributed by atoms with Gasteiger partial charge in [0.1, 0.15) is 5.60 Å². The van der Waals surface area contributed by atoms with E-state index in [1.54, 1.807) is 12.3 Å². The van der Waals surface area contributed by atoms with E-state index < -0.39 is 5.60 Å². The van der Waals surface area contributed by atoms with Gasteiger partial charge in [0.05, 0.1) is 0 Å². The Morgan fingerprint density at radius 2 is 2.21 bits per heavy atom. The third-order valence-corrected chi connectivity index (χ3v) is 1.43. The van der Waals surface area contributed by atoms with Crippen LogP contribution in [-0.2, 0) is 9.53 Å². The number of rotatable bonds is 2. The maximum Gasteiger partial charge on any atom is 0.331 e. The van der Waals surface area contributed by atoms with E-state index >= 15 is 0 Å². The SMILES string of the molecule is CC(C)(C)OC(=O)/C=C/c1ccc[nH]1. The maximum absolute atomic E-state index is 11.2. The highest BCUT2D eigenvalue weighted by Gasteiger charge is 2.13. The number of hydrogen-bond donors (Lipinski definition) is 1. The van der Waals surface area contributed by atoms with Crippen LogP contribution in [0.5, 0.6) is 0 Å². The molecule has 3 nitrogen and oxygen atoms in total. The van der Waals surface area contributed by atoms with E-state index in [9.17, 15) is 4.79 Å². The standard InChI is InChI=1S/C11H15NO2/c1-11(2,3)14-10(13)7-6-9-5-4-8-12-9/h4-8,12H,1-3H3/b7-6+. The van der Waals surface area contributed by atoms with E-state index in [-0.39, 0.29) is 5.97 Å². The zero-order valence-electron chi connectivity index (χ0n) is 8.70. The molecule has 0 aromatic carbocycles. The summed E-state index contributed by atoms with van der Waals surface area (Å²) >= 11 is 0. The molecule has 0 aliphatic carbocycles. The zero-order valence-corrected chi connectivity index (χ0v) is 8.70. The zero-order chi connectivity index (χ0) is 10.6. The van der Waals surface area contributed by atoms with Gasteiger partial charge in [-0.2, -0.15) is 0 Å². The van der Waals surface area contributed by atoms with E-state index in [0.29, 0.717) is 0 Å². The van der Waals surface area contributed by atoms with E-state index in [4.69, 9.17) is 4.74 Å². The number of aromatic nitrogens is 1. The molecule has 1 rings (SSSR count). The molecule has 0 saturated carbocycles. The lowest BCUT2D eigenvalue weighted by molar-refractivity contribution is -0.148. The fourth-order valence-corrected chi connectivity index (χ4v) is 0.942. The summed E-state index contributed by atoms with van der Waals surface area (Å²) in [6.45, 7) is 5.52. The summed E-state index contributed by atoms with van der Waals surface area (Å²) in [6, 6.07) is 3.75. The highest BCUT2D eigenvalue weighted by atomic mass is 16.6. The Morgan fingerprint density at radius 1 is 1.50 bits per heavy atom. The predicted octanol–water partition coefficient (Wildman–Crippen LogP) is 2.37. The normalized spacial score (nSPS) is 11.9. The third-order valence-electron chi connectivity index (χ3n) is 1.43. The van der Waals surface area contributed by atoms with Crippen LogP contribution in [-0.4, -0.2) is 16.6 Å². The van der Waals surface area contributed by atoms with Crippen LogP contribution in [0.2, 0.25) is 0 Å². The predicted molar refractivity (Wildman–Crippen MR) is 55.7 cm³/mol. The molecule has 0 amide bonds. The van der Waals surface area contributed by atoms with Crippen molar-refractivity contribution in [2.24, 2.45) is 0 Å². The molecule has 0 spiro atoms. The van der Waals surface area contributed by atoms with Gasteiger partial charge in [-0.25, -0.2) is 4.79 Å². The Hall–Kier alpha value is -1.51. The lowest BCUT2D eigenvalue weighted by Crippen LogP contribution is -2.22. The second-order valence-electron chi connectivity index (χ2n) is 3.99. The molecule has 14 heavy (non-hydrogen) atoms. The number of hydrogen-bond acceptors (Lipinski definition) is 2. The van der Waals surface area contributed by atoms with Gasteiger partial charge in [-0.05, 0) is 39.0 Å². The Balaban J connectivity index is 2.49. The molecule has 0 radical (unpaired) electrons. The third kappa shape index (κ3) is 3.94. The lowest BCUT2D eigenvalue weighted by Gasteiger charge is -2.17. The molecule has 3 heteroatoms. The molecule has 0 fully saturated rings. The first kappa shape index (κ1) is 10.6. The largest absolute Gasteiger partial charge is 0.457 e. The minimum atomic E-state index is -0.433. The molecule has 0 aliphatic heterocycles. The molecular formula is C11H15NO2. The van der Waals surface area contributed by atoms with Crippen LogP contribution in [0, 0.1) is 0 Å². The lowest BCUT2D eigenvalue weighted by atomic mass is 10.2. The number of ether oxygens (including phenoxy) is 1. The van der Waals surface area contributed by atoms with Crippen LogP contribution in [0.15, 0.2) is 24.4 Å². The monoisotopic (exact) mass is 193 g/mol. The molecule has 1 aromatic heterocycles. The van der Waals surface area contributed by atoms with Crippen molar-refractivity contribution in [1.29, 1.82) is 0 Å². The number of carbonyl (C=O) groups is 1. The van der Waals surface area contributed by atoms with Gasteiger partial charge in [0.15, 0.2) is 0 Å². The second kappa shape index (κ2) is 4.13. The van der Waals surface area contributed by atoms with Crippen LogP contribution in [0.1, 0.15) is 26.5 Å². The molecule has 1 aromatic rings. The number of aromatic amines is 1. The highest BCUT2D eigenvalue weighted by molar-refractivity contribution is 5.86. The van der Waals surface area contributed by atoms with E-state index in [0.717, 1.165) is 5.69 Å².